The van der Waals surface area contributed by atoms with Gasteiger partial charge in [-0.05, 0) is 36.5 Å². The Hall–Kier alpha value is -2.88. The normalized spacial score (nSPS) is 30.2. The number of furan rings is 1. The Morgan fingerprint density at radius 2 is 1.52 bits per heavy atom. The second-order valence-electron chi connectivity index (χ2n) is 7.29. The number of hydrogen-bond donors (Lipinski definition) is 0. The monoisotopic (exact) mass is 329 g/mol. The van der Waals surface area contributed by atoms with Crippen molar-refractivity contribution in [1.82, 2.24) is 0 Å². The number of hydrogen-bond acceptors (Lipinski definition) is 3. The second-order valence-corrected chi connectivity index (χ2v) is 7.29. The summed E-state index contributed by atoms with van der Waals surface area (Å²) in [6.45, 7) is 0. The number of carbonyl (C=O) groups is 2. The number of anilines is 1. The predicted molar refractivity (Wildman–Crippen MR) is 93.9 cm³/mol. The highest BCUT2D eigenvalue weighted by Crippen LogP contribution is 2.53. The molecule has 4 heteroatoms. The van der Waals surface area contributed by atoms with Gasteiger partial charge in [-0.3, -0.25) is 9.59 Å². The van der Waals surface area contributed by atoms with Crippen LogP contribution in [-0.4, -0.2) is 11.8 Å². The van der Waals surface area contributed by atoms with Gasteiger partial charge in [0.05, 0.1) is 17.5 Å². The molecule has 2 fully saturated rings. The predicted octanol–water partition coefficient (Wildman–Crippen LogP) is 3.90. The number of rotatable bonds is 1. The zero-order valence-corrected chi connectivity index (χ0v) is 13.4. The molecule has 0 unspecified atom stereocenters. The summed E-state index contributed by atoms with van der Waals surface area (Å²) in [6, 6.07) is 13.5. The van der Waals surface area contributed by atoms with E-state index in [1.165, 1.54) is 4.90 Å². The molecule has 3 aromatic rings. The molecule has 4 nitrogen and oxygen atoms in total. The standard InChI is InChI=1S/C21H15NO3/c23-20-18-11-5-6-12(9-11)19(18)21(24)22(20)13-7-8-15-14-3-1-2-4-16(14)25-17(15)10-13/h1-8,10-12,18-19H,9H2/t11-,12-,18+,19+/m0/s1. The van der Waals surface area contributed by atoms with E-state index in [1.807, 2.05) is 42.5 Å². The molecular formula is C21H15NO3. The molecule has 6 rings (SSSR count). The van der Waals surface area contributed by atoms with Gasteiger partial charge in [-0.15, -0.1) is 0 Å². The summed E-state index contributed by atoms with van der Waals surface area (Å²) in [5.41, 5.74) is 2.14. The van der Waals surface area contributed by atoms with E-state index in [4.69, 9.17) is 4.42 Å². The molecule has 2 amide bonds. The van der Waals surface area contributed by atoms with E-state index in [2.05, 4.69) is 12.2 Å². The summed E-state index contributed by atoms with van der Waals surface area (Å²) in [5.74, 6) is 0.00475. The van der Waals surface area contributed by atoms with E-state index in [1.54, 1.807) is 0 Å². The third-order valence-electron chi connectivity index (χ3n) is 6.09. The quantitative estimate of drug-likeness (QED) is 0.502. The van der Waals surface area contributed by atoms with Crippen LogP contribution < -0.4 is 4.90 Å². The fraction of sp³-hybridized carbons (Fsp3) is 0.238. The van der Waals surface area contributed by atoms with E-state index < -0.39 is 0 Å². The summed E-state index contributed by atoms with van der Waals surface area (Å²) in [6.07, 6.45) is 5.18. The number of amides is 2. The first-order valence-corrected chi connectivity index (χ1v) is 8.70. The van der Waals surface area contributed by atoms with Crippen LogP contribution in [0.15, 0.2) is 59.0 Å². The van der Waals surface area contributed by atoms with Gasteiger partial charge in [0.1, 0.15) is 11.2 Å². The third kappa shape index (κ3) is 1.57. The summed E-state index contributed by atoms with van der Waals surface area (Å²) in [7, 11) is 0. The molecule has 1 aliphatic heterocycles. The van der Waals surface area contributed by atoms with E-state index in [9.17, 15) is 9.59 Å². The molecule has 2 aliphatic carbocycles. The van der Waals surface area contributed by atoms with Gasteiger partial charge < -0.3 is 4.42 Å². The summed E-state index contributed by atoms with van der Waals surface area (Å²) in [4.78, 5) is 27.3. The SMILES string of the molecule is O=C1[C@H]2[C@H](C(=O)N1c1ccc3c(c1)oc1ccccc13)[C@H]1C=C[C@H]2C1. The molecule has 0 N–H and O–H groups in total. The number of fused-ring (bicyclic) bond motifs is 8. The number of benzene rings is 2. The van der Waals surface area contributed by atoms with Crippen LogP contribution in [0, 0.1) is 23.7 Å². The lowest BCUT2D eigenvalue weighted by Crippen LogP contribution is -2.32. The number of para-hydroxylation sites is 1. The molecule has 1 aromatic heterocycles. The highest BCUT2D eigenvalue weighted by molar-refractivity contribution is 6.23. The lowest BCUT2D eigenvalue weighted by molar-refractivity contribution is -0.123. The molecule has 3 aliphatic rings. The molecule has 122 valence electrons. The van der Waals surface area contributed by atoms with Crippen LogP contribution in [0.3, 0.4) is 0 Å². The van der Waals surface area contributed by atoms with Gasteiger partial charge in [0.2, 0.25) is 11.8 Å². The number of allylic oxidation sites excluding steroid dienone is 2. The van der Waals surface area contributed by atoms with E-state index in [0.29, 0.717) is 11.3 Å². The Morgan fingerprint density at radius 3 is 2.28 bits per heavy atom. The fourth-order valence-corrected chi connectivity index (χ4v) is 5.01. The number of nitrogens with zero attached hydrogens (tertiary/aromatic N) is 1. The maximum Gasteiger partial charge on any atom is 0.238 e. The van der Waals surface area contributed by atoms with Crippen molar-refractivity contribution in [2.75, 3.05) is 4.90 Å². The fourth-order valence-electron chi connectivity index (χ4n) is 5.01. The van der Waals surface area contributed by atoms with Crippen molar-refractivity contribution in [2.45, 2.75) is 6.42 Å². The van der Waals surface area contributed by atoms with Gasteiger partial charge >= 0.3 is 0 Å². The Balaban J connectivity index is 1.48. The summed E-state index contributed by atoms with van der Waals surface area (Å²) >= 11 is 0. The van der Waals surface area contributed by atoms with Crippen LogP contribution in [-0.2, 0) is 9.59 Å². The molecule has 25 heavy (non-hydrogen) atoms. The van der Waals surface area contributed by atoms with Crippen LogP contribution in [0.5, 0.6) is 0 Å². The summed E-state index contributed by atoms with van der Waals surface area (Å²) < 4.78 is 5.91. The zero-order valence-electron chi connectivity index (χ0n) is 13.4. The topological polar surface area (TPSA) is 50.5 Å². The first-order chi connectivity index (χ1) is 12.2. The third-order valence-corrected chi connectivity index (χ3v) is 6.09. The highest BCUT2D eigenvalue weighted by atomic mass is 16.3. The van der Waals surface area contributed by atoms with Crippen molar-refractivity contribution in [3.63, 3.8) is 0 Å². The minimum atomic E-state index is -0.172. The molecule has 2 heterocycles. The first kappa shape index (κ1) is 13.4. The van der Waals surface area contributed by atoms with E-state index in [-0.39, 0.29) is 35.5 Å². The van der Waals surface area contributed by atoms with Crippen LogP contribution in [0.2, 0.25) is 0 Å². The first-order valence-electron chi connectivity index (χ1n) is 8.70. The van der Waals surface area contributed by atoms with Gasteiger partial charge in [-0.2, -0.15) is 0 Å². The molecular weight excluding hydrogens is 314 g/mol. The van der Waals surface area contributed by atoms with Gasteiger partial charge in [-0.25, -0.2) is 4.90 Å². The van der Waals surface area contributed by atoms with Gasteiger partial charge in [-0.1, -0.05) is 30.4 Å². The van der Waals surface area contributed by atoms with E-state index >= 15 is 0 Å². The van der Waals surface area contributed by atoms with Crippen LogP contribution >= 0.6 is 0 Å². The Kier molecular flexibility index (Phi) is 2.36. The number of carbonyl (C=O) groups excluding carboxylic acids is 2. The Morgan fingerprint density at radius 1 is 0.840 bits per heavy atom. The molecule has 0 radical (unpaired) electrons. The van der Waals surface area contributed by atoms with Gasteiger partial charge in [0.15, 0.2) is 0 Å². The molecule has 1 saturated carbocycles. The largest absolute Gasteiger partial charge is 0.456 e. The van der Waals surface area contributed by atoms with Crippen molar-refractivity contribution < 1.29 is 14.0 Å². The lowest BCUT2D eigenvalue weighted by Gasteiger charge is -2.17. The maximum atomic E-state index is 12.9. The van der Waals surface area contributed by atoms with Crippen molar-refractivity contribution in [2.24, 2.45) is 23.7 Å². The Bertz CT molecular complexity index is 1080. The average molecular weight is 329 g/mol. The van der Waals surface area contributed by atoms with Crippen LogP contribution in [0.25, 0.3) is 21.9 Å². The smallest absolute Gasteiger partial charge is 0.238 e. The molecule has 0 spiro atoms. The van der Waals surface area contributed by atoms with E-state index in [0.717, 1.165) is 22.8 Å². The van der Waals surface area contributed by atoms with Crippen molar-refractivity contribution >= 4 is 39.4 Å². The van der Waals surface area contributed by atoms with Gasteiger partial charge in [0.25, 0.3) is 0 Å². The van der Waals surface area contributed by atoms with Crippen molar-refractivity contribution in [3.8, 4) is 0 Å². The lowest BCUT2D eigenvalue weighted by atomic mass is 9.85. The zero-order chi connectivity index (χ0) is 16.7. The van der Waals surface area contributed by atoms with Crippen molar-refractivity contribution in [3.05, 3.63) is 54.6 Å². The average Bonchev–Trinajstić information content (AvgIpc) is 3.36. The van der Waals surface area contributed by atoms with Gasteiger partial charge in [0, 0.05) is 16.8 Å². The minimum Gasteiger partial charge on any atom is -0.456 e. The summed E-state index contributed by atoms with van der Waals surface area (Å²) in [5, 5.41) is 2.04. The van der Waals surface area contributed by atoms with Crippen LogP contribution in [0.4, 0.5) is 5.69 Å². The molecule has 1 saturated heterocycles. The maximum absolute atomic E-state index is 12.9. The number of imide groups is 1. The minimum absolute atomic E-state index is 0.0534. The Labute approximate surface area is 143 Å². The molecule has 2 aromatic carbocycles. The molecule has 2 bridgehead atoms. The highest BCUT2D eigenvalue weighted by Gasteiger charge is 2.59. The second kappa shape index (κ2) is 4.39. The van der Waals surface area contributed by atoms with Crippen molar-refractivity contribution in [1.29, 1.82) is 0 Å². The molecule has 4 atom stereocenters. The van der Waals surface area contributed by atoms with Crippen LogP contribution in [0.1, 0.15) is 6.42 Å².